The first kappa shape index (κ1) is 30.3. The number of aliphatic hydroxyl groups is 1. The number of allylic oxidation sites excluding steroid dienone is 1. The average Bonchev–Trinajstić information content (AvgIpc) is 3.60. The van der Waals surface area contributed by atoms with Gasteiger partial charge in [-0.15, -0.1) is 10.2 Å². The summed E-state index contributed by atoms with van der Waals surface area (Å²) in [4.78, 5) is 28.4. The Labute approximate surface area is 259 Å². The smallest absolute Gasteiger partial charge is 0.296 e. The molecule has 5 rings (SSSR count). The van der Waals surface area contributed by atoms with Crippen molar-refractivity contribution in [3.8, 4) is 5.75 Å². The summed E-state index contributed by atoms with van der Waals surface area (Å²) in [5.41, 5.74) is 3.82. The maximum absolute atomic E-state index is 13.5. The summed E-state index contributed by atoms with van der Waals surface area (Å²) in [5.74, 6) is -0.333. The zero-order valence-corrected chi connectivity index (χ0v) is 25.7. The monoisotopic (exact) mass is 611 g/mol. The highest BCUT2D eigenvalue weighted by atomic mass is 32.2. The van der Waals surface area contributed by atoms with Gasteiger partial charge in [-0.3, -0.25) is 14.5 Å². The zero-order valence-electron chi connectivity index (χ0n) is 24.1. The summed E-state index contributed by atoms with van der Waals surface area (Å²) in [6.45, 7) is 4.80. The van der Waals surface area contributed by atoms with Crippen molar-refractivity contribution in [2.24, 2.45) is 0 Å². The molecule has 1 N–H and O–H groups in total. The molecule has 0 radical (unpaired) electrons. The van der Waals surface area contributed by atoms with E-state index < -0.39 is 23.5 Å². The normalized spacial score (nSPS) is 15.1. The minimum absolute atomic E-state index is 0.00199. The number of hydrogen-bond donors (Lipinski definition) is 1. The Morgan fingerprint density at radius 1 is 1.02 bits per heavy atom. The third-order valence-electron chi connectivity index (χ3n) is 7.00. The van der Waals surface area contributed by atoms with E-state index in [-0.39, 0.29) is 5.57 Å². The van der Waals surface area contributed by atoms with E-state index in [9.17, 15) is 14.7 Å². The number of ether oxygens (including phenoxy) is 1. The summed E-state index contributed by atoms with van der Waals surface area (Å²) in [5, 5.41) is 20.0. The van der Waals surface area contributed by atoms with Crippen molar-refractivity contribution in [1.29, 1.82) is 0 Å². The molecule has 0 fully saturated rings. The fourth-order valence-electron chi connectivity index (χ4n) is 4.67. The van der Waals surface area contributed by atoms with Gasteiger partial charge in [0.25, 0.3) is 5.91 Å². The van der Waals surface area contributed by atoms with Crippen molar-refractivity contribution >= 4 is 46.0 Å². The quantitative estimate of drug-likeness (QED) is 0.0711. The number of benzene rings is 3. The molecule has 7 nitrogen and oxygen atoms in total. The van der Waals surface area contributed by atoms with E-state index in [0.29, 0.717) is 33.1 Å². The fourth-order valence-corrected chi connectivity index (χ4v) is 6.49. The molecule has 3 aromatic carbocycles. The van der Waals surface area contributed by atoms with Gasteiger partial charge >= 0.3 is 0 Å². The van der Waals surface area contributed by atoms with E-state index in [1.54, 1.807) is 6.08 Å². The lowest BCUT2D eigenvalue weighted by molar-refractivity contribution is -0.117. The highest BCUT2D eigenvalue weighted by Crippen LogP contribution is 2.43. The van der Waals surface area contributed by atoms with Gasteiger partial charge in [-0.25, -0.2) is 0 Å². The zero-order chi connectivity index (χ0) is 30.2. The van der Waals surface area contributed by atoms with E-state index in [1.165, 1.54) is 39.6 Å². The SMILES string of the molecule is CCCCCOc1ccc(C2C(C(=O)/C=C/c3ccccc3)=C(O)C(=O)N2c2nnc(SCc3ccc(C)cc3)s2)cc1. The van der Waals surface area contributed by atoms with Gasteiger partial charge in [0.05, 0.1) is 18.2 Å². The number of carbonyl (C=O) groups is 2. The van der Waals surface area contributed by atoms with Crippen LogP contribution in [0.4, 0.5) is 5.13 Å². The molecule has 1 aliphatic rings. The summed E-state index contributed by atoms with van der Waals surface area (Å²) >= 11 is 2.77. The van der Waals surface area contributed by atoms with Crippen LogP contribution in [0.3, 0.4) is 0 Å². The van der Waals surface area contributed by atoms with Gasteiger partial charge in [0.2, 0.25) is 5.13 Å². The minimum atomic E-state index is -0.877. The lowest BCUT2D eigenvalue weighted by atomic mass is 9.95. The molecule has 220 valence electrons. The van der Waals surface area contributed by atoms with Crippen LogP contribution in [0.5, 0.6) is 5.75 Å². The number of aliphatic hydroxyl groups excluding tert-OH is 1. The first-order valence-electron chi connectivity index (χ1n) is 14.2. The standard InChI is InChI=1S/C34H33N3O4S2/c1-3-4-8-21-41-27-18-16-26(17-19-27)30-29(28(38)20-15-24-9-6-5-7-10-24)31(39)32(40)37(30)33-35-36-34(43-33)42-22-25-13-11-23(2)12-14-25/h5-7,9-20,30,39H,3-4,8,21-22H2,1-2H3/b20-15+. The molecule has 1 aliphatic heterocycles. The highest BCUT2D eigenvalue weighted by Gasteiger charge is 2.45. The Morgan fingerprint density at radius 3 is 2.49 bits per heavy atom. The number of thioether (sulfide) groups is 1. The minimum Gasteiger partial charge on any atom is -0.503 e. The maximum Gasteiger partial charge on any atom is 0.296 e. The number of unbranched alkanes of at least 4 members (excludes halogenated alkanes) is 2. The van der Waals surface area contributed by atoms with Crippen molar-refractivity contribution in [3.05, 3.63) is 119 Å². The lowest BCUT2D eigenvalue weighted by Crippen LogP contribution is -2.30. The molecular formula is C34H33N3O4S2. The fraction of sp³-hybridized carbons (Fsp3) is 0.235. The van der Waals surface area contributed by atoms with E-state index in [4.69, 9.17) is 4.74 Å². The molecule has 1 aromatic heterocycles. The van der Waals surface area contributed by atoms with Crippen molar-refractivity contribution < 1.29 is 19.4 Å². The predicted molar refractivity (Wildman–Crippen MR) is 172 cm³/mol. The third-order valence-corrected chi connectivity index (χ3v) is 9.12. The number of anilines is 1. The molecule has 2 heterocycles. The van der Waals surface area contributed by atoms with E-state index in [0.717, 1.165) is 30.4 Å². The van der Waals surface area contributed by atoms with Gasteiger partial charge < -0.3 is 9.84 Å². The van der Waals surface area contributed by atoms with E-state index in [2.05, 4.69) is 41.4 Å². The highest BCUT2D eigenvalue weighted by molar-refractivity contribution is 8.00. The molecule has 1 amide bonds. The van der Waals surface area contributed by atoms with Gasteiger partial charge in [0.15, 0.2) is 15.9 Å². The van der Waals surface area contributed by atoms with Crippen molar-refractivity contribution in [3.63, 3.8) is 0 Å². The van der Waals surface area contributed by atoms with Crippen LogP contribution in [0.25, 0.3) is 6.08 Å². The van der Waals surface area contributed by atoms with Crippen LogP contribution in [0.2, 0.25) is 0 Å². The molecule has 1 atom stereocenters. The van der Waals surface area contributed by atoms with Crippen LogP contribution in [0, 0.1) is 6.92 Å². The van der Waals surface area contributed by atoms with Crippen molar-refractivity contribution in [2.45, 2.75) is 49.2 Å². The second-order valence-corrected chi connectivity index (χ2v) is 12.4. The number of amides is 1. The van der Waals surface area contributed by atoms with Crippen molar-refractivity contribution in [2.75, 3.05) is 11.5 Å². The van der Waals surface area contributed by atoms with Crippen molar-refractivity contribution in [1.82, 2.24) is 10.2 Å². The van der Waals surface area contributed by atoms with Gasteiger partial charge in [-0.2, -0.15) is 0 Å². The number of ketones is 1. The van der Waals surface area contributed by atoms with Crippen LogP contribution >= 0.6 is 23.1 Å². The lowest BCUT2D eigenvalue weighted by Gasteiger charge is -2.24. The average molecular weight is 612 g/mol. The van der Waals surface area contributed by atoms with Gasteiger partial charge in [-0.05, 0) is 48.2 Å². The maximum atomic E-state index is 13.5. The summed E-state index contributed by atoms with van der Waals surface area (Å²) in [6.07, 6.45) is 6.23. The molecular weight excluding hydrogens is 579 g/mol. The number of carbonyl (C=O) groups excluding carboxylic acids is 2. The Balaban J connectivity index is 1.42. The summed E-state index contributed by atoms with van der Waals surface area (Å²) < 4.78 is 6.55. The van der Waals surface area contributed by atoms with Crippen LogP contribution in [0.1, 0.15) is 54.5 Å². The van der Waals surface area contributed by atoms with Gasteiger partial charge in [0, 0.05) is 5.75 Å². The molecule has 0 saturated heterocycles. The first-order valence-corrected chi connectivity index (χ1v) is 16.0. The molecule has 0 aliphatic carbocycles. The second kappa shape index (κ2) is 14.3. The number of aryl methyl sites for hydroxylation is 1. The molecule has 4 aromatic rings. The Hall–Kier alpha value is -4.21. The molecule has 1 unspecified atom stereocenters. The largest absolute Gasteiger partial charge is 0.503 e. The molecule has 43 heavy (non-hydrogen) atoms. The third kappa shape index (κ3) is 7.42. The molecule has 9 heteroatoms. The van der Waals surface area contributed by atoms with E-state index in [1.807, 2.05) is 61.5 Å². The van der Waals surface area contributed by atoms with Crippen LogP contribution < -0.4 is 9.64 Å². The number of rotatable bonds is 13. The van der Waals surface area contributed by atoms with Gasteiger partial charge in [-0.1, -0.05) is 121 Å². The number of aromatic nitrogens is 2. The first-order chi connectivity index (χ1) is 20.9. The summed E-state index contributed by atoms with van der Waals surface area (Å²) in [6, 6.07) is 24.1. The molecule has 0 bridgehead atoms. The van der Waals surface area contributed by atoms with Crippen LogP contribution in [-0.2, 0) is 15.3 Å². The second-order valence-electron chi connectivity index (χ2n) is 10.2. The predicted octanol–water partition coefficient (Wildman–Crippen LogP) is 7.89. The Morgan fingerprint density at radius 2 is 1.77 bits per heavy atom. The summed E-state index contributed by atoms with van der Waals surface area (Å²) in [7, 11) is 0. The molecule has 0 saturated carbocycles. The van der Waals surface area contributed by atoms with Crippen LogP contribution in [-0.4, -0.2) is 33.6 Å². The van der Waals surface area contributed by atoms with Crippen LogP contribution in [0.15, 0.2) is 101 Å². The van der Waals surface area contributed by atoms with E-state index >= 15 is 0 Å². The molecule has 0 spiro atoms. The Kier molecular flexibility index (Phi) is 10.1. The topological polar surface area (TPSA) is 92.6 Å². The Bertz CT molecular complexity index is 1610. The number of hydrogen-bond acceptors (Lipinski definition) is 8. The number of nitrogens with zero attached hydrogens (tertiary/aromatic N) is 3. The van der Waals surface area contributed by atoms with Gasteiger partial charge in [0.1, 0.15) is 5.75 Å².